The fourth-order valence-electron chi connectivity index (χ4n) is 2.96. The summed E-state index contributed by atoms with van der Waals surface area (Å²) in [7, 11) is 3.78. The number of rotatable bonds is 10. The molecule has 0 saturated heterocycles. The van der Waals surface area contributed by atoms with Gasteiger partial charge >= 0.3 is 0 Å². The van der Waals surface area contributed by atoms with E-state index in [1.54, 1.807) is 16.9 Å². The summed E-state index contributed by atoms with van der Waals surface area (Å²) in [5.74, 6) is 0.832. The van der Waals surface area contributed by atoms with Crippen molar-refractivity contribution in [3.63, 3.8) is 0 Å². The molecule has 0 fully saturated rings. The Balaban J connectivity index is 1.42. The number of aryl methyl sites for hydroxylation is 1. The maximum atomic E-state index is 8.77. The van der Waals surface area contributed by atoms with Crippen molar-refractivity contribution >= 4 is 11.5 Å². The number of nitrogens with one attached hydrogen (secondary N) is 3. The van der Waals surface area contributed by atoms with Crippen LogP contribution >= 0.6 is 0 Å². The lowest BCUT2D eigenvalue weighted by Crippen LogP contribution is -2.21. The van der Waals surface area contributed by atoms with Gasteiger partial charge in [-0.1, -0.05) is 6.07 Å². The van der Waals surface area contributed by atoms with Gasteiger partial charge in [0, 0.05) is 50.4 Å². The molecule has 0 aliphatic carbocycles. The molecule has 0 unspecified atom stereocenters. The van der Waals surface area contributed by atoms with E-state index >= 15 is 0 Å². The van der Waals surface area contributed by atoms with Crippen LogP contribution in [0.2, 0.25) is 0 Å². The molecule has 3 heterocycles. The number of anilines is 2. The van der Waals surface area contributed by atoms with E-state index in [-0.39, 0.29) is 0 Å². The SMILES string of the molecule is CNc1ncc(-c2cnn(C)c2)cc1NCCCNCCc1ccc(C#N)nc1. The standard InChI is InChI=1S/C21H26N8/c1-23-21-20(10-17(13-27-21)18-14-28-29(2)15-18)25-8-3-7-24-9-6-16-4-5-19(11-22)26-12-16/h4-5,10,12-15,24-25H,3,6-9H2,1-2H3,(H,23,27). The monoisotopic (exact) mass is 390 g/mol. The molecule has 0 amide bonds. The second-order valence-electron chi connectivity index (χ2n) is 6.72. The predicted molar refractivity (Wildman–Crippen MR) is 115 cm³/mol. The van der Waals surface area contributed by atoms with Gasteiger partial charge in [0.2, 0.25) is 0 Å². The van der Waals surface area contributed by atoms with E-state index in [9.17, 15) is 0 Å². The number of pyridine rings is 2. The second kappa shape index (κ2) is 10.2. The molecule has 0 bridgehead atoms. The largest absolute Gasteiger partial charge is 0.382 e. The second-order valence-corrected chi connectivity index (χ2v) is 6.72. The van der Waals surface area contributed by atoms with Crippen LogP contribution in [0.1, 0.15) is 17.7 Å². The van der Waals surface area contributed by atoms with Crippen molar-refractivity contribution in [1.82, 2.24) is 25.1 Å². The summed E-state index contributed by atoms with van der Waals surface area (Å²) < 4.78 is 1.79. The van der Waals surface area contributed by atoms with Crippen LogP contribution in [-0.4, -0.2) is 46.4 Å². The van der Waals surface area contributed by atoms with E-state index in [4.69, 9.17) is 5.26 Å². The lowest BCUT2D eigenvalue weighted by Gasteiger charge is -2.12. The molecule has 150 valence electrons. The van der Waals surface area contributed by atoms with Crippen LogP contribution < -0.4 is 16.0 Å². The van der Waals surface area contributed by atoms with Crippen LogP contribution in [-0.2, 0) is 13.5 Å². The zero-order valence-electron chi connectivity index (χ0n) is 16.8. The molecule has 8 heteroatoms. The average Bonchev–Trinajstić information content (AvgIpc) is 3.19. The van der Waals surface area contributed by atoms with Crippen LogP contribution in [0.3, 0.4) is 0 Å². The Morgan fingerprint density at radius 2 is 1.97 bits per heavy atom. The Hall–Kier alpha value is -3.44. The maximum absolute atomic E-state index is 8.77. The maximum Gasteiger partial charge on any atom is 0.149 e. The summed E-state index contributed by atoms with van der Waals surface area (Å²) in [6.07, 6.45) is 9.33. The third-order valence-electron chi connectivity index (χ3n) is 4.54. The zero-order chi connectivity index (χ0) is 20.5. The summed E-state index contributed by atoms with van der Waals surface area (Å²) in [6.45, 7) is 2.65. The molecule has 3 aromatic rings. The lowest BCUT2D eigenvalue weighted by molar-refractivity contribution is 0.659. The van der Waals surface area contributed by atoms with Crippen molar-refractivity contribution in [2.75, 3.05) is 37.3 Å². The minimum Gasteiger partial charge on any atom is -0.382 e. The topological polar surface area (TPSA) is 103 Å². The van der Waals surface area contributed by atoms with Crippen LogP contribution in [0.25, 0.3) is 11.1 Å². The van der Waals surface area contributed by atoms with Crippen molar-refractivity contribution in [2.45, 2.75) is 12.8 Å². The van der Waals surface area contributed by atoms with Crippen molar-refractivity contribution in [3.05, 3.63) is 54.2 Å². The molecule has 0 aliphatic heterocycles. The molecule has 0 aliphatic rings. The minimum absolute atomic E-state index is 0.454. The molecule has 3 rings (SSSR count). The van der Waals surface area contributed by atoms with Crippen molar-refractivity contribution in [2.24, 2.45) is 7.05 Å². The number of hydrogen-bond acceptors (Lipinski definition) is 7. The first kappa shape index (κ1) is 20.3. The van der Waals surface area contributed by atoms with Gasteiger partial charge in [-0.2, -0.15) is 10.4 Å². The number of nitriles is 1. The summed E-state index contributed by atoms with van der Waals surface area (Å²) in [4.78, 5) is 8.59. The van der Waals surface area contributed by atoms with E-state index < -0.39 is 0 Å². The molecule has 0 atom stereocenters. The van der Waals surface area contributed by atoms with Crippen LogP contribution in [0, 0.1) is 11.3 Å². The van der Waals surface area contributed by atoms with Crippen LogP contribution in [0.4, 0.5) is 11.5 Å². The number of hydrogen-bond donors (Lipinski definition) is 3. The molecule has 29 heavy (non-hydrogen) atoms. The average molecular weight is 390 g/mol. The Kier molecular flexibility index (Phi) is 7.14. The molecule has 0 radical (unpaired) electrons. The Morgan fingerprint density at radius 1 is 1.07 bits per heavy atom. The fraction of sp³-hybridized carbons (Fsp3) is 0.333. The molecule has 3 N–H and O–H groups in total. The Labute approximate surface area is 171 Å². The van der Waals surface area contributed by atoms with Gasteiger partial charge in [0.15, 0.2) is 0 Å². The van der Waals surface area contributed by atoms with Crippen molar-refractivity contribution < 1.29 is 0 Å². The van der Waals surface area contributed by atoms with Gasteiger partial charge < -0.3 is 16.0 Å². The molecule has 0 spiro atoms. The van der Waals surface area contributed by atoms with Crippen molar-refractivity contribution in [1.29, 1.82) is 5.26 Å². The Morgan fingerprint density at radius 3 is 2.66 bits per heavy atom. The highest BCUT2D eigenvalue weighted by atomic mass is 15.2. The van der Waals surface area contributed by atoms with Gasteiger partial charge in [0.05, 0.1) is 11.9 Å². The van der Waals surface area contributed by atoms with Gasteiger partial charge in [0.25, 0.3) is 0 Å². The fourth-order valence-corrected chi connectivity index (χ4v) is 2.96. The summed E-state index contributed by atoms with van der Waals surface area (Å²) in [6, 6.07) is 7.84. The van der Waals surface area contributed by atoms with E-state index in [1.807, 2.05) is 44.8 Å². The molecule has 0 saturated carbocycles. The van der Waals surface area contributed by atoms with E-state index in [1.165, 1.54) is 0 Å². The highest BCUT2D eigenvalue weighted by molar-refractivity contribution is 5.73. The number of aromatic nitrogens is 4. The third kappa shape index (κ3) is 5.77. The molecule has 0 aromatic carbocycles. The normalized spacial score (nSPS) is 10.5. The quantitative estimate of drug-likeness (QED) is 0.457. The first-order valence-electron chi connectivity index (χ1n) is 9.66. The zero-order valence-corrected chi connectivity index (χ0v) is 16.8. The van der Waals surface area contributed by atoms with Crippen LogP contribution in [0.5, 0.6) is 0 Å². The lowest BCUT2D eigenvalue weighted by atomic mass is 10.1. The van der Waals surface area contributed by atoms with Gasteiger partial charge in [-0.15, -0.1) is 0 Å². The Bertz CT molecular complexity index is 956. The van der Waals surface area contributed by atoms with Gasteiger partial charge in [0.1, 0.15) is 17.6 Å². The van der Waals surface area contributed by atoms with Gasteiger partial charge in [-0.3, -0.25) is 4.68 Å². The minimum atomic E-state index is 0.454. The summed E-state index contributed by atoms with van der Waals surface area (Å²) in [5.41, 5.74) is 4.65. The van der Waals surface area contributed by atoms with Gasteiger partial charge in [-0.05, 0) is 43.6 Å². The van der Waals surface area contributed by atoms with E-state index in [0.717, 1.165) is 60.7 Å². The van der Waals surface area contributed by atoms with E-state index in [2.05, 4.69) is 37.1 Å². The third-order valence-corrected chi connectivity index (χ3v) is 4.54. The highest BCUT2D eigenvalue weighted by Gasteiger charge is 2.07. The van der Waals surface area contributed by atoms with Crippen LogP contribution in [0.15, 0.2) is 43.0 Å². The summed E-state index contributed by atoms with van der Waals surface area (Å²) in [5, 5.41) is 23.0. The first-order valence-corrected chi connectivity index (χ1v) is 9.66. The highest BCUT2D eigenvalue weighted by Crippen LogP contribution is 2.26. The summed E-state index contributed by atoms with van der Waals surface area (Å²) >= 11 is 0. The molecular formula is C21H26N8. The number of nitrogens with zero attached hydrogens (tertiary/aromatic N) is 5. The van der Waals surface area contributed by atoms with Gasteiger partial charge in [-0.25, -0.2) is 9.97 Å². The van der Waals surface area contributed by atoms with E-state index in [0.29, 0.717) is 5.69 Å². The molecule has 3 aromatic heterocycles. The predicted octanol–water partition coefficient (Wildman–Crippen LogP) is 2.42. The molecule has 8 nitrogen and oxygen atoms in total. The van der Waals surface area contributed by atoms with Crippen molar-refractivity contribution in [3.8, 4) is 17.2 Å². The smallest absolute Gasteiger partial charge is 0.149 e. The first-order chi connectivity index (χ1) is 14.2. The molecular weight excluding hydrogens is 364 g/mol.